The molecule has 0 aliphatic carbocycles. The van der Waals surface area contributed by atoms with E-state index in [1.165, 1.54) is 12.5 Å². The summed E-state index contributed by atoms with van der Waals surface area (Å²) in [5, 5.41) is 5.69. The molecule has 0 saturated heterocycles. The normalized spacial score (nSPS) is 15.5. The Morgan fingerprint density at radius 1 is 1.00 bits per heavy atom. The Bertz CT molecular complexity index is 923. The zero-order valence-corrected chi connectivity index (χ0v) is 16.4. The van der Waals surface area contributed by atoms with Crippen molar-refractivity contribution < 1.29 is 14.4 Å². The van der Waals surface area contributed by atoms with Crippen LogP contribution in [0.1, 0.15) is 43.0 Å². The number of amides is 3. The van der Waals surface area contributed by atoms with Gasteiger partial charge in [-0.25, -0.2) is 0 Å². The number of anilines is 2. The fraction of sp³-hybridized carbons (Fsp3) is 0.318. The molecule has 146 valence electrons. The maximum Gasteiger partial charge on any atom is 0.226 e. The van der Waals surface area contributed by atoms with Crippen LogP contribution in [0.25, 0.3) is 0 Å². The summed E-state index contributed by atoms with van der Waals surface area (Å²) in [5.74, 6) is -0.366. The molecule has 28 heavy (non-hydrogen) atoms. The average Bonchev–Trinajstić information content (AvgIpc) is 2.64. The number of benzene rings is 2. The highest BCUT2D eigenvalue weighted by atomic mass is 16.2. The van der Waals surface area contributed by atoms with Crippen molar-refractivity contribution in [3.63, 3.8) is 0 Å². The second-order valence-electron chi connectivity index (χ2n) is 7.09. The summed E-state index contributed by atoms with van der Waals surface area (Å²) in [6.45, 7) is 5.45. The molecule has 0 fully saturated rings. The molecule has 0 aromatic heterocycles. The molecule has 3 amide bonds. The van der Waals surface area contributed by atoms with E-state index in [1.807, 2.05) is 25.1 Å². The first-order valence-corrected chi connectivity index (χ1v) is 9.39. The van der Waals surface area contributed by atoms with Gasteiger partial charge in [-0.15, -0.1) is 0 Å². The third kappa shape index (κ3) is 4.22. The predicted molar refractivity (Wildman–Crippen MR) is 109 cm³/mol. The second-order valence-corrected chi connectivity index (χ2v) is 7.09. The SMILES string of the molecule is CC(=O)Nc1cccc(NC(=O)CC2c3ccccc3CCN2C(C)=O)c1C. The highest BCUT2D eigenvalue weighted by molar-refractivity contribution is 5.95. The number of nitrogens with one attached hydrogen (secondary N) is 2. The van der Waals surface area contributed by atoms with Crippen LogP contribution in [0.4, 0.5) is 11.4 Å². The number of carbonyl (C=O) groups is 3. The lowest BCUT2D eigenvalue weighted by Crippen LogP contribution is -2.40. The van der Waals surface area contributed by atoms with Crippen LogP contribution in [0.15, 0.2) is 42.5 Å². The molecule has 3 rings (SSSR count). The van der Waals surface area contributed by atoms with Crippen LogP contribution in [-0.2, 0) is 20.8 Å². The van der Waals surface area contributed by atoms with Gasteiger partial charge in [0.15, 0.2) is 0 Å². The fourth-order valence-corrected chi connectivity index (χ4v) is 3.72. The van der Waals surface area contributed by atoms with Crippen molar-refractivity contribution in [1.82, 2.24) is 4.90 Å². The molecule has 0 saturated carbocycles. The van der Waals surface area contributed by atoms with E-state index in [0.717, 1.165) is 17.5 Å². The van der Waals surface area contributed by atoms with Crippen molar-refractivity contribution >= 4 is 29.1 Å². The topological polar surface area (TPSA) is 78.5 Å². The largest absolute Gasteiger partial charge is 0.335 e. The van der Waals surface area contributed by atoms with Gasteiger partial charge in [-0.3, -0.25) is 14.4 Å². The highest BCUT2D eigenvalue weighted by Crippen LogP contribution is 2.33. The van der Waals surface area contributed by atoms with E-state index in [1.54, 1.807) is 30.0 Å². The third-order valence-corrected chi connectivity index (χ3v) is 5.11. The summed E-state index contributed by atoms with van der Waals surface area (Å²) in [5.41, 5.74) is 4.32. The number of rotatable bonds is 4. The van der Waals surface area contributed by atoms with Gasteiger partial charge in [0.2, 0.25) is 17.7 Å². The van der Waals surface area contributed by atoms with Crippen LogP contribution < -0.4 is 10.6 Å². The minimum Gasteiger partial charge on any atom is -0.335 e. The van der Waals surface area contributed by atoms with Gasteiger partial charge in [0, 0.05) is 31.8 Å². The molecule has 1 aliphatic heterocycles. The molecule has 2 N–H and O–H groups in total. The number of fused-ring (bicyclic) bond motifs is 1. The highest BCUT2D eigenvalue weighted by Gasteiger charge is 2.30. The van der Waals surface area contributed by atoms with Crippen molar-refractivity contribution in [3.8, 4) is 0 Å². The standard InChI is InChI=1S/C22H25N3O3/c1-14-19(23-15(2)26)9-6-10-20(14)24-22(28)13-21-18-8-5-4-7-17(18)11-12-25(21)16(3)27/h4-10,21H,11-13H2,1-3H3,(H,23,26)(H,24,28). The van der Waals surface area contributed by atoms with Crippen molar-refractivity contribution in [1.29, 1.82) is 0 Å². The molecule has 0 radical (unpaired) electrons. The van der Waals surface area contributed by atoms with Crippen LogP contribution in [0, 0.1) is 6.92 Å². The minimum absolute atomic E-state index is 0.0314. The van der Waals surface area contributed by atoms with Crippen LogP contribution in [0.2, 0.25) is 0 Å². The van der Waals surface area contributed by atoms with E-state index in [9.17, 15) is 14.4 Å². The molecule has 0 spiro atoms. The van der Waals surface area contributed by atoms with Crippen molar-refractivity contribution in [2.75, 3.05) is 17.2 Å². The first-order chi connectivity index (χ1) is 13.4. The van der Waals surface area contributed by atoms with E-state index in [4.69, 9.17) is 0 Å². The predicted octanol–water partition coefficient (Wildman–Crippen LogP) is 3.43. The smallest absolute Gasteiger partial charge is 0.226 e. The Hall–Kier alpha value is -3.15. The van der Waals surface area contributed by atoms with Gasteiger partial charge in [0.05, 0.1) is 12.5 Å². The summed E-state index contributed by atoms with van der Waals surface area (Å²) in [6.07, 6.45) is 0.978. The van der Waals surface area contributed by atoms with E-state index in [-0.39, 0.29) is 30.2 Å². The minimum atomic E-state index is -0.277. The van der Waals surface area contributed by atoms with Gasteiger partial charge in [0.1, 0.15) is 0 Å². The molecule has 1 aliphatic rings. The molecular formula is C22H25N3O3. The first kappa shape index (κ1) is 19.6. The van der Waals surface area contributed by atoms with Crippen LogP contribution >= 0.6 is 0 Å². The third-order valence-electron chi connectivity index (χ3n) is 5.11. The van der Waals surface area contributed by atoms with Gasteiger partial charge in [-0.2, -0.15) is 0 Å². The van der Waals surface area contributed by atoms with Gasteiger partial charge in [-0.1, -0.05) is 30.3 Å². The molecular weight excluding hydrogens is 354 g/mol. The number of nitrogens with zero attached hydrogens (tertiary/aromatic N) is 1. The van der Waals surface area contributed by atoms with Crippen molar-refractivity contribution in [2.45, 2.75) is 39.7 Å². The van der Waals surface area contributed by atoms with Gasteiger partial charge < -0.3 is 15.5 Å². The lowest BCUT2D eigenvalue weighted by Gasteiger charge is -2.36. The monoisotopic (exact) mass is 379 g/mol. The van der Waals surface area contributed by atoms with Crippen LogP contribution in [-0.4, -0.2) is 29.2 Å². The fourth-order valence-electron chi connectivity index (χ4n) is 3.72. The zero-order chi connectivity index (χ0) is 20.3. The van der Waals surface area contributed by atoms with Gasteiger partial charge in [-0.05, 0) is 42.2 Å². The van der Waals surface area contributed by atoms with E-state index < -0.39 is 0 Å². The summed E-state index contributed by atoms with van der Waals surface area (Å²) < 4.78 is 0. The number of hydrogen-bond acceptors (Lipinski definition) is 3. The Morgan fingerprint density at radius 3 is 2.36 bits per heavy atom. The molecule has 1 atom stereocenters. The maximum atomic E-state index is 12.8. The maximum absolute atomic E-state index is 12.8. The molecule has 1 unspecified atom stereocenters. The van der Waals surface area contributed by atoms with Crippen LogP contribution in [0.5, 0.6) is 0 Å². The first-order valence-electron chi connectivity index (χ1n) is 9.39. The lowest BCUT2D eigenvalue weighted by molar-refractivity contribution is -0.132. The van der Waals surface area contributed by atoms with E-state index in [2.05, 4.69) is 16.7 Å². The number of carbonyl (C=O) groups excluding carboxylic acids is 3. The summed E-state index contributed by atoms with van der Waals surface area (Å²) >= 11 is 0. The molecule has 1 heterocycles. The second kappa shape index (κ2) is 8.25. The summed E-state index contributed by atoms with van der Waals surface area (Å²) in [7, 11) is 0. The quantitative estimate of drug-likeness (QED) is 0.854. The molecule has 6 nitrogen and oxygen atoms in total. The summed E-state index contributed by atoms with van der Waals surface area (Å²) in [4.78, 5) is 38.0. The van der Waals surface area contributed by atoms with Gasteiger partial charge >= 0.3 is 0 Å². The Kier molecular flexibility index (Phi) is 5.78. The Morgan fingerprint density at radius 2 is 1.68 bits per heavy atom. The van der Waals surface area contributed by atoms with Gasteiger partial charge in [0.25, 0.3) is 0 Å². The molecule has 6 heteroatoms. The van der Waals surface area contributed by atoms with Crippen LogP contribution in [0.3, 0.4) is 0 Å². The molecule has 2 aromatic rings. The summed E-state index contributed by atoms with van der Waals surface area (Å²) in [6, 6.07) is 13.1. The molecule has 0 bridgehead atoms. The molecule has 2 aromatic carbocycles. The lowest BCUT2D eigenvalue weighted by atomic mass is 9.90. The number of hydrogen-bond donors (Lipinski definition) is 2. The van der Waals surface area contributed by atoms with Crippen molar-refractivity contribution in [2.24, 2.45) is 0 Å². The Labute approximate surface area is 164 Å². The van der Waals surface area contributed by atoms with Crippen molar-refractivity contribution in [3.05, 3.63) is 59.2 Å². The Balaban J connectivity index is 1.80. The average molecular weight is 379 g/mol. The van der Waals surface area contributed by atoms with E-state index in [0.29, 0.717) is 17.9 Å². The van der Waals surface area contributed by atoms with E-state index >= 15 is 0 Å². The zero-order valence-electron chi connectivity index (χ0n) is 16.4.